The lowest BCUT2D eigenvalue weighted by Crippen LogP contribution is -2.27. The zero-order chi connectivity index (χ0) is 15.0. The second-order valence-electron chi connectivity index (χ2n) is 5.98. The summed E-state index contributed by atoms with van der Waals surface area (Å²) in [6, 6.07) is 5.10. The van der Waals surface area contributed by atoms with Crippen LogP contribution in [0.2, 0.25) is 0 Å². The van der Waals surface area contributed by atoms with Gasteiger partial charge in [0, 0.05) is 20.0 Å². The number of carbonyl (C=O) groups excluding carboxylic acids is 2. The van der Waals surface area contributed by atoms with Gasteiger partial charge in [0.2, 0.25) is 5.91 Å². The van der Waals surface area contributed by atoms with Gasteiger partial charge in [0.1, 0.15) is 11.5 Å². The maximum Gasteiger partial charge on any atom is 0.272 e. The van der Waals surface area contributed by atoms with Gasteiger partial charge in [-0.25, -0.2) is 4.98 Å². The third-order valence-electron chi connectivity index (χ3n) is 4.24. The summed E-state index contributed by atoms with van der Waals surface area (Å²) >= 11 is 0. The standard InChI is InChI=1S/C16H19N3O2/c1-19(2)16(21)13-4-3-5-14(17-13)18-15(20)12-9-10-6-7-11(12)8-10/h3-7,10-12H,8-9H2,1-2H3,(H,17,18,20)/t10-,11-,12-/m0/s1. The van der Waals surface area contributed by atoms with Crippen LogP contribution >= 0.6 is 0 Å². The predicted octanol–water partition coefficient (Wildman–Crippen LogP) is 1.93. The highest BCUT2D eigenvalue weighted by atomic mass is 16.2. The van der Waals surface area contributed by atoms with Crippen molar-refractivity contribution in [3.63, 3.8) is 0 Å². The zero-order valence-corrected chi connectivity index (χ0v) is 12.2. The SMILES string of the molecule is CN(C)C(=O)c1cccc(NC(=O)[C@H]2C[C@H]3C=C[C@H]2C3)n1. The molecule has 1 aromatic heterocycles. The first-order valence-corrected chi connectivity index (χ1v) is 7.22. The Morgan fingerprint density at radius 2 is 2.05 bits per heavy atom. The summed E-state index contributed by atoms with van der Waals surface area (Å²) in [5.74, 6) is 1.24. The number of fused-ring (bicyclic) bond motifs is 2. The molecule has 0 saturated heterocycles. The van der Waals surface area contributed by atoms with E-state index in [4.69, 9.17) is 0 Å². The lowest BCUT2D eigenvalue weighted by molar-refractivity contribution is -0.120. The number of pyridine rings is 1. The van der Waals surface area contributed by atoms with Crippen LogP contribution in [0.15, 0.2) is 30.4 Å². The number of anilines is 1. The summed E-state index contributed by atoms with van der Waals surface area (Å²) in [5, 5.41) is 2.85. The average molecular weight is 285 g/mol. The van der Waals surface area contributed by atoms with E-state index >= 15 is 0 Å². The van der Waals surface area contributed by atoms with Crippen LogP contribution in [0.25, 0.3) is 0 Å². The van der Waals surface area contributed by atoms with Crippen molar-refractivity contribution >= 4 is 17.6 Å². The molecule has 1 N–H and O–H groups in total. The Labute approximate surface area is 124 Å². The van der Waals surface area contributed by atoms with Crippen molar-refractivity contribution in [2.75, 3.05) is 19.4 Å². The van der Waals surface area contributed by atoms with Crippen molar-refractivity contribution in [1.29, 1.82) is 0 Å². The molecule has 2 aliphatic carbocycles. The molecule has 5 heteroatoms. The molecule has 1 saturated carbocycles. The maximum atomic E-state index is 12.3. The molecule has 1 fully saturated rings. The molecule has 5 nitrogen and oxygen atoms in total. The van der Waals surface area contributed by atoms with E-state index in [-0.39, 0.29) is 17.7 Å². The number of nitrogens with zero attached hydrogens (tertiary/aromatic N) is 2. The Morgan fingerprint density at radius 1 is 1.24 bits per heavy atom. The first kappa shape index (κ1) is 13.8. The molecule has 0 radical (unpaired) electrons. The molecule has 1 aromatic rings. The van der Waals surface area contributed by atoms with Crippen LogP contribution in [0.3, 0.4) is 0 Å². The second kappa shape index (κ2) is 5.31. The molecule has 0 aromatic carbocycles. The fourth-order valence-electron chi connectivity index (χ4n) is 3.15. The van der Waals surface area contributed by atoms with Crippen LogP contribution in [-0.4, -0.2) is 35.8 Å². The Balaban J connectivity index is 1.70. The van der Waals surface area contributed by atoms with Gasteiger partial charge >= 0.3 is 0 Å². The lowest BCUT2D eigenvalue weighted by atomic mass is 9.93. The van der Waals surface area contributed by atoms with Crippen molar-refractivity contribution in [2.45, 2.75) is 12.8 Å². The summed E-state index contributed by atoms with van der Waals surface area (Å²) < 4.78 is 0. The highest BCUT2D eigenvalue weighted by Crippen LogP contribution is 2.43. The Bertz CT molecular complexity index is 609. The van der Waals surface area contributed by atoms with Gasteiger partial charge < -0.3 is 10.2 Å². The quantitative estimate of drug-likeness (QED) is 0.863. The molecule has 2 amide bonds. The number of aromatic nitrogens is 1. The fraction of sp³-hybridized carbons (Fsp3) is 0.438. The number of nitrogens with one attached hydrogen (secondary N) is 1. The van der Waals surface area contributed by atoms with Gasteiger partial charge in [0.05, 0.1) is 0 Å². The molecule has 0 unspecified atom stereocenters. The van der Waals surface area contributed by atoms with Crippen LogP contribution in [0.1, 0.15) is 23.3 Å². The monoisotopic (exact) mass is 285 g/mol. The van der Waals surface area contributed by atoms with Crippen molar-refractivity contribution in [3.05, 3.63) is 36.0 Å². The van der Waals surface area contributed by atoms with Gasteiger partial charge in [-0.05, 0) is 36.8 Å². The number of carbonyl (C=O) groups is 2. The van der Waals surface area contributed by atoms with E-state index in [9.17, 15) is 9.59 Å². The molecule has 2 aliphatic rings. The minimum Gasteiger partial charge on any atom is -0.343 e. The minimum absolute atomic E-state index is 0.00815. The lowest BCUT2D eigenvalue weighted by Gasteiger charge is -2.17. The van der Waals surface area contributed by atoms with E-state index < -0.39 is 0 Å². The number of hydrogen-bond donors (Lipinski definition) is 1. The topological polar surface area (TPSA) is 62.3 Å². The molecule has 3 atom stereocenters. The van der Waals surface area contributed by atoms with Crippen molar-refractivity contribution in [2.24, 2.45) is 17.8 Å². The average Bonchev–Trinajstić information content (AvgIpc) is 3.09. The molecule has 21 heavy (non-hydrogen) atoms. The van der Waals surface area contributed by atoms with Crippen molar-refractivity contribution in [1.82, 2.24) is 9.88 Å². The van der Waals surface area contributed by atoms with Crippen LogP contribution in [-0.2, 0) is 4.79 Å². The number of allylic oxidation sites excluding steroid dienone is 2. The van der Waals surface area contributed by atoms with Crippen LogP contribution < -0.4 is 5.32 Å². The summed E-state index contributed by atoms with van der Waals surface area (Å²) in [6.07, 6.45) is 6.37. The Morgan fingerprint density at radius 3 is 2.67 bits per heavy atom. The van der Waals surface area contributed by atoms with Gasteiger partial charge in [-0.15, -0.1) is 0 Å². The molecule has 0 spiro atoms. The van der Waals surface area contributed by atoms with Gasteiger partial charge in [0.15, 0.2) is 0 Å². The molecule has 110 valence electrons. The third kappa shape index (κ3) is 2.68. The highest BCUT2D eigenvalue weighted by Gasteiger charge is 2.39. The van der Waals surface area contributed by atoms with Crippen LogP contribution in [0.5, 0.6) is 0 Å². The van der Waals surface area contributed by atoms with Gasteiger partial charge in [-0.1, -0.05) is 18.2 Å². The first-order chi connectivity index (χ1) is 10.0. The smallest absolute Gasteiger partial charge is 0.272 e. The van der Waals surface area contributed by atoms with E-state index in [0.717, 1.165) is 12.8 Å². The van der Waals surface area contributed by atoms with Crippen molar-refractivity contribution < 1.29 is 9.59 Å². The molecular weight excluding hydrogens is 266 g/mol. The summed E-state index contributed by atoms with van der Waals surface area (Å²) in [7, 11) is 3.35. The third-order valence-corrected chi connectivity index (χ3v) is 4.24. The molecule has 3 rings (SSSR count). The summed E-state index contributed by atoms with van der Waals surface area (Å²) in [5.41, 5.74) is 0.339. The van der Waals surface area contributed by atoms with Crippen LogP contribution in [0, 0.1) is 17.8 Å². The summed E-state index contributed by atoms with van der Waals surface area (Å²) in [4.78, 5) is 29.9. The minimum atomic E-state index is -0.172. The largest absolute Gasteiger partial charge is 0.343 e. The van der Waals surface area contributed by atoms with Crippen molar-refractivity contribution in [3.8, 4) is 0 Å². The van der Waals surface area contributed by atoms with E-state index in [1.807, 2.05) is 0 Å². The molecule has 0 aliphatic heterocycles. The van der Waals surface area contributed by atoms with E-state index in [2.05, 4.69) is 22.5 Å². The zero-order valence-electron chi connectivity index (χ0n) is 12.2. The Hall–Kier alpha value is -2.17. The van der Waals surface area contributed by atoms with Gasteiger partial charge in [-0.2, -0.15) is 0 Å². The Kier molecular flexibility index (Phi) is 3.49. The second-order valence-corrected chi connectivity index (χ2v) is 5.98. The molecule has 1 heterocycles. The molecule has 2 bridgehead atoms. The van der Waals surface area contributed by atoms with Gasteiger partial charge in [-0.3, -0.25) is 9.59 Å². The maximum absolute atomic E-state index is 12.3. The molecular formula is C16H19N3O2. The fourth-order valence-corrected chi connectivity index (χ4v) is 3.15. The van der Waals surface area contributed by atoms with E-state index in [0.29, 0.717) is 23.3 Å². The number of hydrogen-bond acceptors (Lipinski definition) is 3. The van der Waals surface area contributed by atoms with Gasteiger partial charge in [0.25, 0.3) is 5.91 Å². The number of amides is 2. The summed E-state index contributed by atoms with van der Waals surface area (Å²) in [6.45, 7) is 0. The van der Waals surface area contributed by atoms with Crippen LogP contribution in [0.4, 0.5) is 5.82 Å². The van der Waals surface area contributed by atoms with E-state index in [1.165, 1.54) is 4.90 Å². The number of rotatable bonds is 3. The first-order valence-electron chi connectivity index (χ1n) is 7.22. The van der Waals surface area contributed by atoms with E-state index in [1.54, 1.807) is 32.3 Å². The predicted molar refractivity (Wildman–Crippen MR) is 79.7 cm³/mol. The highest BCUT2D eigenvalue weighted by molar-refractivity contribution is 5.95. The normalized spacial score (nSPS) is 25.9.